The number of hydrogen-bond acceptors (Lipinski definition) is 6. The average Bonchev–Trinajstić information content (AvgIpc) is 3.63. The number of oxime groups is 1. The van der Waals surface area contributed by atoms with E-state index >= 15 is 0 Å². The SMILES string of the molecule is CC(C)[C@H](NC(=O)CCc1c[nH]c2ccccc12)C1=NOC(C(=O)N(C)[C@@H](CC(=O)O)C(=O)C=[N+]=[N-])(c2ccccc2)C1. The zero-order valence-electron chi connectivity index (χ0n) is 24.2. The maximum absolute atomic E-state index is 14.1. The number of rotatable bonds is 13. The molecule has 12 heteroatoms. The van der Waals surface area contributed by atoms with Crippen molar-refractivity contribution in [3.63, 3.8) is 0 Å². The largest absolute Gasteiger partial charge is 0.481 e. The van der Waals surface area contributed by atoms with Crippen LogP contribution in [0.25, 0.3) is 16.4 Å². The van der Waals surface area contributed by atoms with Crippen molar-refractivity contribution in [3.05, 3.63) is 77.5 Å². The van der Waals surface area contributed by atoms with Gasteiger partial charge in [0.15, 0.2) is 0 Å². The Morgan fingerprint density at radius 2 is 1.86 bits per heavy atom. The molecule has 43 heavy (non-hydrogen) atoms. The van der Waals surface area contributed by atoms with E-state index in [4.69, 9.17) is 10.4 Å². The summed E-state index contributed by atoms with van der Waals surface area (Å²) in [5.41, 5.74) is 10.0. The first-order chi connectivity index (χ1) is 20.6. The summed E-state index contributed by atoms with van der Waals surface area (Å²) in [7, 11) is 1.29. The third-order valence-corrected chi connectivity index (χ3v) is 7.64. The van der Waals surface area contributed by atoms with Gasteiger partial charge in [0, 0.05) is 42.6 Å². The summed E-state index contributed by atoms with van der Waals surface area (Å²) >= 11 is 0. The molecule has 4 rings (SSSR count). The highest BCUT2D eigenvalue weighted by molar-refractivity contribution is 6.28. The zero-order valence-corrected chi connectivity index (χ0v) is 24.2. The van der Waals surface area contributed by atoms with Gasteiger partial charge in [-0.15, -0.1) is 0 Å². The average molecular weight is 587 g/mol. The molecule has 224 valence electrons. The number of aromatic nitrogens is 1. The van der Waals surface area contributed by atoms with E-state index in [9.17, 15) is 24.3 Å². The van der Waals surface area contributed by atoms with Crippen molar-refractivity contribution in [1.82, 2.24) is 15.2 Å². The molecular weight excluding hydrogens is 552 g/mol. The number of para-hydroxylation sites is 1. The van der Waals surface area contributed by atoms with E-state index in [2.05, 4.69) is 20.2 Å². The number of aliphatic carboxylic acids is 1. The Morgan fingerprint density at radius 3 is 2.53 bits per heavy atom. The second-order valence-corrected chi connectivity index (χ2v) is 10.9. The summed E-state index contributed by atoms with van der Waals surface area (Å²) in [5, 5.41) is 17.8. The number of benzene rings is 2. The molecule has 0 radical (unpaired) electrons. The van der Waals surface area contributed by atoms with Gasteiger partial charge in [-0.25, -0.2) is 0 Å². The lowest BCUT2D eigenvalue weighted by atomic mass is 9.83. The molecule has 0 bridgehead atoms. The molecule has 2 aromatic carbocycles. The van der Waals surface area contributed by atoms with Crippen LogP contribution in [0.3, 0.4) is 0 Å². The summed E-state index contributed by atoms with van der Waals surface area (Å²) in [4.78, 5) is 64.1. The minimum absolute atomic E-state index is 0.0478. The van der Waals surface area contributed by atoms with Crippen LogP contribution in [0.15, 0.2) is 65.9 Å². The molecule has 1 aliphatic heterocycles. The van der Waals surface area contributed by atoms with Crippen molar-refractivity contribution in [2.45, 2.75) is 57.2 Å². The van der Waals surface area contributed by atoms with E-state index in [1.165, 1.54) is 7.05 Å². The molecule has 0 aliphatic carbocycles. The first-order valence-electron chi connectivity index (χ1n) is 13.9. The first kappa shape index (κ1) is 30.9. The number of fused-ring (bicyclic) bond motifs is 1. The maximum atomic E-state index is 14.1. The van der Waals surface area contributed by atoms with Gasteiger partial charge in [-0.2, -0.15) is 4.79 Å². The van der Waals surface area contributed by atoms with Crippen LogP contribution in [0.4, 0.5) is 0 Å². The molecule has 1 aromatic heterocycles. The lowest BCUT2D eigenvalue weighted by Gasteiger charge is -2.33. The molecule has 0 saturated heterocycles. The van der Waals surface area contributed by atoms with Gasteiger partial charge >= 0.3 is 12.2 Å². The van der Waals surface area contributed by atoms with Crippen molar-refractivity contribution >= 4 is 46.4 Å². The third kappa shape index (κ3) is 6.70. The fraction of sp³-hybridized carbons (Fsp3) is 0.355. The number of ketones is 1. The molecule has 3 atom stereocenters. The maximum Gasteiger partial charge on any atom is 0.325 e. The molecule has 12 nitrogen and oxygen atoms in total. The fourth-order valence-electron chi connectivity index (χ4n) is 5.35. The van der Waals surface area contributed by atoms with E-state index in [1.54, 1.807) is 30.3 Å². The highest BCUT2D eigenvalue weighted by Crippen LogP contribution is 2.38. The van der Waals surface area contributed by atoms with Crippen LogP contribution in [-0.2, 0) is 36.0 Å². The van der Waals surface area contributed by atoms with Crippen LogP contribution < -0.4 is 5.32 Å². The number of amides is 2. The fourth-order valence-corrected chi connectivity index (χ4v) is 5.35. The van der Waals surface area contributed by atoms with E-state index < -0.39 is 41.8 Å². The summed E-state index contributed by atoms with van der Waals surface area (Å²) in [6, 6.07) is 14.4. The zero-order chi connectivity index (χ0) is 31.1. The van der Waals surface area contributed by atoms with Gasteiger partial charge in [0.25, 0.3) is 11.7 Å². The summed E-state index contributed by atoms with van der Waals surface area (Å²) in [6.07, 6.45) is 2.45. The summed E-state index contributed by atoms with van der Waals surface area (Å²) in [6.45, 7) is 3.83. The molecular formula is C31H34N6O6. The van der Waals surface area contributed by atoms with Crippen LogP contribution in [-0.4, -0.2) is 74.4 Å². The number of carboxylic acid groups (broad SMARTS) is 1. The Hall–Kier alpha value is -5.09. The Balaban J connectivity index is 1.56. The molecule has 3 N–H and O–H groups in total. The molecule has 0 saturated carbocycles. The van der Waals surface area contributed by atoms with Gasteiger partial charge in [0.1, 0.15) is 6.04 Å². The van der Waals surface area contributed by atoms with E-state index in [0.717, 1.165) is 21.4 Å². The number of carbonyl (C=O) groups is 4. The van der Waals surface area contributed by atoms with Crippen LogP contribution in [0.5, 0.6) is 0 Å². The smallest absolute Gasteiger partial charge is 0.325 e. The van der Waals surface area contributed by atoms with Crippen LogP contribution in [0.2, 0.25) is 0 Å². The number of carboxylic acids is 1. The van der Waals surface area contributed by atoms with Gasteiger partial charge in [0.05, 0.1) is 18.2 Å². The Bertz CT molecular complexity index is 1590. The van der Waals surface area contributed by atoms with Gasteiger partial charge in [-0.3, -0.25) is 19.2 Å². The highest BCUT2D eigenvalue weighted by atomic mass is 16.7. The topological polar surface area (TPSA) is 178 Å². The minimum atomic E-state index is -1.72. The number of carbonyl (C=O) groups excluding carboxylic acids is 3. The van der Waals surface area contributed by atoms with Gasteiger partial charge in [-0.1, -0.05) is 67.5 Å². The number of Topliss-reactive ketones (excluding diaryl/α,β-unsaturated/α-hetero) is 1. The van der Waals surface area contributed by atoms with E-state index in [-0.39, 0.29) is 24.7 Å². The normalized spacial score (nSPS) is 17.3. The Labute approximate surface area is 248 Å². The number of likely N-dealkylation sites (N-methyl/N-ethyl adjacent to an activating group) is 1. The molecule has 1 unspecified atom stereocenters. The lowest BCUT2D eigenvalue weighted by molar-refractivity contribution is -0.160. The number of nitrogens with one attached hydrogen (secondary N) is 2. The standard InChI is InChI=1S/C31H34N6O6/c1-19(2)29(35-27(39)14-13-20-17-33-23-12-8-7-11-22(20)23)24-16-31(43-36-24,21-9-5-4-6-10-21)30(42)37(3)25(15-28(40)41)26(38)18-34-32/h4-12,17-19,25,29,33H,13-16H2,1-3H3,(H,35,39)(H,40,41)/t25-,29-,31?/m0/s1. The van der Waals surface area contributed by atoms with E-state index in [1.807, 2.05) is 44.3 Å². The lowest BCUT2D eigenvalue weighted by Crippen LogP contribution is -2.53. The predicted octanol–water partition coefficient (Wildman–Crippen LogP) is 3.08. The second-order valence-electron chi connectivity index (χ2n) is 10.9. The molecule has 3 aromatic rings. The number of H-pyrrole nitrogens is 1. The first-order valence-corrected chi connectivity index (χ1v) is 13.9. The van der Waals surface area contributed by atoms with Crippen molar-refractivity contribution in [2.75, 3.05) is 7.05 Å². The number of aromatic amines is 1. The highest BCUT2D eigenvalue weighted by Gasteiger charge is 2.53. The number of hydrogen-bond donors (Lipinski definition) is 3. The molecule has 0 spiro atoms. The molecule has 2 heterocycles. The van der Waals surface area contributed by atoms with Crippen molar-refractivity contribution in [3.8, 4) is 0 Å². The van der Waals surface area contributed by atoms with Gasteiger partial charge in [-0.05, 0) is 24.0 Å². The van der Waals surface area contributed by atoms with Crippen LogP contribution in [0.1, 0.15) is 44.2 Å². The van der Waals surface area contributed by atoms with Gasteiger partial charge in [0.2, 0.25) is 11.5 Å². The van der Waals surface area contributed by atoms with E-state index in [0.29, 0.717) is 23.9 Å². The van der Waals surface area contributed by atoms with Crippen molar-refractivity contribution < 1.29 is 33.9 Å². The van der Waals surface area contributed by atoms with Crippen LogP contribution >= 0.6 is 0 Å². The number of aryl methyl sites for hydroxylation is 1. The second kappa shape index (κ2) is 13.3. The number of nitrogens with zero attached hydrogens (tertiary/aromatic N) is 4. The monoisotopic (exact) mass is 586 g/mol. The molecule has 0 fully saturated rings. The quantitative estimate of drug-likeness (QED) is 0.157. The summed E-state index contributed by atoms with van der Waals surface area (Å²) < 4.78 is 0. The summed E-state index contributed by atoms with van der Waals surface area (Å²) in [5.74, 6) is -3.21. The Kier molecular flexibility index (Phi) is 9.52. The van der Waals surface area contributed by atoms with Crippen LogP contribution in [0, 0.1) is 5.92 Å². The van der Waals surface area contributed by atoms with Gasteiger partial charge < -0.3 is 30.7 Å². The predicted molar refractivity (Wildman–Crippen MR) is 158 cm³/mol. The molecule has 2 amide bonds. The minimum Gasteiger partial charge on any atom is -0.481 e. The Morgan fingerprint density at radius 1 is 1.16 bits per heavy atom. The van der Waals surface area contributed by atoms with Crippen molar-refractivity contribution in [1.29, 1.82) is 0 Å². The third-order valence-electron chi connectivity index (χ3n) is 7.64. The molecule has 1 aliphatic rings. The van der Waals surface area contributed by atoms with Crippen molar-refractivity contribution in [2.24, 2.45) is 11.1 Å².